The number of para-hydroxylation sites is 2. The molecule has 6 aromatic rings. The highest BCUT2D eigenvalue weighted by molar-refractivity contribution is 7.17. The van der Waals surface area contributed by atoms with Crippen molar-refractivity contribution in [3.05, 3.63) is 125 Å². The highest BCUT2D eigenvalue weighted by Crippen LogP contribution is 2.42. The first-order valence-electron chi connectivity index (χ1n) is 14.1. The molecule has 1 aliphatic heterocycles. The van der Waals surface area contributed by atoms with Gasteiger partial charge in [0.05, 0.1) is 28.9 Å². The van der Waals surface area contributed by atoms with Crippen molar-refractivity contribution in [2.75, 3.05) is 23.9 Å². The van der Waals surface area contributed by atoms with Crippen LogP contribution >= 0.6 is 11.3 Å². The van der Waals surface area contributed by atoms with Crippen molar-refractivity contribution in [3.63, 3.8) is 0 Å². The molecule has 0 saturated heterocycles. The molecule has 218 valence electrons. The molecule has 1 N–H and O–H groups in total. The van der Waals surface area contributed by atoms with Gasteiger partial charge in [-0.05, 0) is 79.1 Å². The van der Waals surface area contributed by atoms with E-state index in [0.29, 0.717) is 34.9 Å². The Bertz CT molecular complexity index is 2060. The standard InChI is InChI=1S/C35H27FN4O3S/c1-21-7-5-9-26(36)32(21)38-34(41)30-20-23-16-18-40(29-11-4-3-8-25(29)33(23)44-30)35(42)27-10-6-12-31(37-27)39-17-15-22-19-24(43-2)13-14-28(22)39/h3-15,17,19-20H,16,18H2,1-2H3,(H,38,41). The van der Waals surface area contributed by atoms with E-state index < -0.39 is 5.82 Å². The van der Waals surface area contributed by atoms with E-state index in [-0.39, 0.29) is 17.5 Å². The third-order valence-electron chi connectivity index (χ3n) is 7.88. The zero-order chi connectivity index (χ0) is 30.4. The number of hydrogen-bond acceptors (Lipinski definition) is 5. The van der Waals surface area contributed by atoms with Gasteiger partial charge in [0, 0.05) is 28.6 Å². The number of aromatic nitrogens is 2. The van der Waals surface area contributed by atoms with Crippen molar-refractivity contribution < 1.29 is 18.7 Å². The summed E-state index contributed by atoms with van der Waals surface area (Å²) >= 11 is 1.34. The molecule has 0 saturated carbocycles. The topological polar surface area (TPSA) is 76.5 Å². The molecule has 7 nitrogen and oxygen atoms in total. The number of nitrogens with zero attached hydrogens (tertiary/aromatic N) is 3. The Morgan fingerprint density at radius 3 is 2.66 bits per heavy atom. The second kappa shape index (κ2) is 11.1. The number of fused-ring (bicyclic) bond motifs is 4. The van der Waals surface area contributed by atoms with Crippen molar-refractivity contribution in [1.29, 1.82) is 0 Å². The van der Waals surface area contributed by atoms with Crippen molar-refractivity contribution in [2.24, 2.45) is 0 Å². The van der Waals surface area contributed by atoms with E-state index in [9.17, 15) is 14.0 Å². The molecular formula is C35H27FN4O3S. The number of nitrogens with one attached hydrogen (secondary N) is 1. The number of hydrogen-bond donors (Lipinski definition) is 1. The van der Waals surface area contributed by atoms with Gasteiger partial charge in [0.25, 0.3) is 11.8 Å². The van der Waals surface area contributed by atoms with Crippen molar-refractivity contribution in [2.45, 2.75) is 13.3 Å². The number of halogens is 1. The molecule has 4 heterocycles. The summed E-state index contributed by atoms with van der Waals surface area (Å²) in [5.41, 5.74) is 4.70. The number of carbonyl (C=O) groups is 2. The number of amides is 2. The minimum Gasteiger partial charge on any atom is -0.497 e. The van der Waals surface area contributed by atoms with Crippen LogP contribution in [0.3, 0.4) is 0 Å². The molecule has 3 aromatic heterocycles. The molecular weight excluding hydrogens is 575 g/mol. The van der Waals surface area contributed by atoms with Gasteiger partial charge in [-0.2, -0.15) is 0 Å². The monoisotopic (exact) mass is 602 g/mol. The molecule has 44 heavy (non-hydrogen) atoms. The minimum absolute atomic E-state index is 0.181. The Balaban J connectivity index is 1.20. The number of rotatable bonds is 5. The molecule has 0 spiro atoms. The summed E-state index contributed by atoms with van der Waals surface area (Å²) < 4.78 is 21.7. The van der Waals surface area contributed by atoms with E-state index in [0.717, 1.165) is 38.3 Å². The number of ether oxygens (including phenoxy) is 1. The van der Waals surface area contributed by atoms with Crippen LogP contribution in [0.4, 0.5) is 15.8 Å². The first kappa shape index (κ1) is 27.5. The molecule has 0 unspecified atom stereocenters. The van der Waals surface area contributed by atoms with E-state index in [1.165, 1.54) is 17.4 Å². The first-order valence-corrected chi connectivity index (χ1v) is 15.0. The van der Waals surface area contributed by atoms with Crippen LogP contribution in [0.25, 0.3) is 27.2 Å². The van der Waals surface area contributed by atoms with Crippen LogP contribution in [0.15, 0.2) is 97.2 Å². The fourth-order valence-electron chi connectivity index (χ4n) is 5.65. The summed E-state index contributed by atoms with van der Waals surface area (Å²) in [6.07, 6.45) is 2.48. The highest BCUT2D eigenvalue weighted by Gasteiger charge is 2.28. The van der Waals surface area contributed by atoms with Crippen molar-refractivity contribution >= 4 is 45.4 Å². The maximum absolute atomic E-state index is 14.4. The largest absolute Gasteiger partial charge is 0.497 e. The Morgan fingerprint density at radius 2 is 1.82 bits per heavy atom. The van der Waals surface area contributed by atoms with Gasteiger partial charge in [-0.25, -0.2) is 9.37 Å². The van der Waals surface area contributed by atoms with Crippen LogP contribution in [-0.4, -0.2) is 35.0 Å². The normalized spacial score (nSPS) is 12.4. The van der Waals surface area contributed by atoms with Gasteiger partial charge in [0.15, 0.2) is 0 Å². The predicted molar refractivity (Wildman–Crippen MR) is 172 cm³/mol. The van der Waals surface area contributed by atoms with Gasteiger partial charge in [-0.1, -0.05) is 36.4 Å². The van der Waals surface area contributed by atoms with E-state index in [4.69, 9.17) is 9.72 Å². The second-order valence-corrected chi connectivity index (χ2v) is 11.6. The second-order valence-electron chi connectivity index (χ2n) is 10.6. The van der Waals surface area contributed by atoms with Crippen LogP contribution in [0.5, 0.6) is 5.75 Å². The first-order chi connectivity index (χ1) is 21.4. The van der Waals surface area contributed by atoms with Crippen molar-refractivity contribution in [1.82, 2.24) is 9.55 Å². The molecule has 1 aliphatic rings. The van der Waals surface area contributed by atoms with Crippen LogP contribution in [0.1, 0.15) is 31.3 Å². The Hall–Kier alpha value is -5.28. The van der Waals surface area contributed by atoms with E-state index >= 15 is 0 Å². The Kier molecular flexibility index (Phi) is 6.94. The summed E-state index contributed by atoms with van der Waals surface area (Å²) in [6.45, 7) is 2.16. The molecule has 0 atom stereocenters. The summed E-state index contributed by atoms with van der Waals surface area (Å²) in [7, 11) is 1.64. The lowest BCUT2D eigenvalue weighted by Gasteiger charge is -2.23. The van der Waals surface area contributed by atoms with Gasteiger partial charge in [0.1, 0.15) is 23.1 Å². The van der Waals surface area contributed by atoms with Crippen LogP contribution < -0.4 is 15.0 Å². The van der Waals surface area contributed by atoms with Crippen LogP contribution in [0.2, 0.25) is 0 Å². The number of benzene rings is 3. The van der Waals surface area contributed by atoms with Gasteiger partial charge in [-0.15, -0.1) is 11.3 Å². The number of methoxy groups -OCH3 is 1. The maximum atomic E-state index is 14.4. The van der Waals surface area contributed by atoms with Gasteiger partial charge >= 0.3 is 0 Å². The molecule has 0 radical (unpaired) electrons. The Morgan fingerprint density at radius 1 is 0.977 bits per heavy atom. The third-order valence-corrected chi connectivity index (χ3v) is 9.09. The van der Waals surface area contributed by atoms with E-state index in [2.05, 4.69) is 5.32 Å². The molecule has 2 amide bonds. The highest BCUT2D eigenvalue weighted by atomic mass is 32.1. The summed E-state index contributed by atoms with van der Waals surface area (Å²) in [5.74, 6) is 0.366. The average Bonchev–Trinajstić information content (AvgIpc) is 3.64. The molecule has 7 rings (SSSR count). The number of pyridine rings is 1. The zero-order valence-corrected chi connectivity index (χ0v) is 24.8. The fourth-order valence-corrected chi connectivity index (χ4v) is 6.79. The van der Waals surface area contributed by atoms with Crippen LogP contribution in [0, 0.1) is 12.7 Å². The Labute approximate surface area is 257 Å². The average molecular weight is 603 g/mol. The van der Waals surface area contributed by atoms with E-state index in [1.807, 2.05) is 77.5 Å². The quantitative estimate of drug-likeness (QED) is 0.220. The zero-order valence-electron chi connectivity index (χ0n) is 24.0. The van der Waals surface area contributed by atoms with Crippen LogP contribution in [-0.2, 0) is 6.42 Å². The smallest absolute Gasteiger partial charge is 0.276 e. The van der Waals surface area contributed by atoms with Gasteiger partial charge in [0.2, 0.25) is 0 Å². The third kappa shape index (κ3) is 4.81. The van der Waals surface area contributed by atoms with Gasteiger partial charge in [-0.3, -0.25) is 9.59 Å². The minimum atomic E-state index is -0.473. The number of carbonyl (C=O) groups excluding carboxylic acids is 2. The lowest BCUT2D eigenvalue weighted by Crippen LogP contribution is -2.33. The summed E-state index contributed by atoms with van der Waals surface area (Å²) in [4.78, 5) is 35.2. The molecule has 9 heteroatoms. The van der Waals surface area contributed by atoms with Gasteiger partial charge < -0.3 is 19.5 Å². The van der Waals surface area contributed by atoms with E-state index in [1.54, 1.807) is 37.1 Å². The fraction of sp³-hybridized carbons (Fsp3) is 0.114. The molecule has 3 aromatic carbocycles. The lowest BCUT2D eigenvalue weighted by molar-refractivity contribution is 0.0981. The number of aryl methyl sites for hydroxylation is 1. The summed E-state index contributed by atoms with van der Waals surface area (Å²) in [5, 5.41) is 3.75. The molecule has 0 fully saturated rings. The van der Waals surface area contributed by atoms with Crippen molar-refractivity contribution in [3.8, 4) is 22.0 Å². The predicted octanol–water partition coefficient (Wildman–Crippen LogP) is 7.67. The maximum Gasteiger partial charge on any atom is 0.276 e. The molecule has 0 aliphatic carbocycles. The number of thiophene rings is 1. The summed E-state index contributed by atoms with van der Waals surface area (Å²) in [6, 6.07) is 27.5. The SMILES string of the molecule is COc1ccc2c(ccn2-c2cccc(C(=O)N3CCc4cc(C(=O)Nc5c(C)cccc5F)sc4-c4ccccc43)n2)c1. The molecule has 0 bridgehead atoms. The number of anilines is 2. The lowest BCUT2D eigenvalue weighted by atomic mass is 10.1.